The number of aromatic nitrogens is 3. The quantitative estimate of drug-likeness (QED) is 0.861. The molecule has 2 atom stereocenters. The van der Waals surface area contributed by atoms with Crippen LogP contribution in [0.1, 0.15) is 17.4 Å². The van der Waals surface area contributed by atoms with Crippen molar-refractivity contribution in [1.82, 2.24) is 15.2 Å². The molecular formula is C12H14N4OS. The molecule has 2 unspecified atom stereocenters. The number of thioether (sulfide) groups is 1. The summed E-state index contributed by atoms with van der Waals surface area (Å²) in [6, 6.07) is 7.84. The lowest BCUT2D eigenvalue weighted by Crippen LogP contribution is -2.33. The van der Waals surface area contributed by atoms with E-state index in [1.807, 2.05) is 31.2 Å². The van der Waals surface area contributed by atoms with Gasteiger partial charge < -0.3 is 10.5 Å². The number of nitrogens with two attached hydrogens (primary N) is 1. The fourth-order valence-corrected chi connectivity index (χ4v) is 2.97. The van der Waals surface area contributed by atoms with Crippen molar-refractivity contribution in [2.24, 2.45) is 5.73 Å². The molecule has 0 saturated heterocycles. The standard InChI is InChI=1S/C12H14N4OS/c1-7-14-12(16-15-7)18-10-6-17-9-5-3-2-4-8(9)11(10)13/h2-5,10-11H,6,13H2,1H3,(H,14,15,16). The minimum Gasteiger partial charge on any atom is -0.492 e. The van der Waals surface area contributed by atoms with Crippen molar-refractivity contribution in [2.45, 2.75) is 23.4 Å². The van der Waals surface area contributed by atoms with Gasteiger partial charge in [-0.3, -0.25) is 5.10 Å². The van der Waals surface area contributed by atoms with Crippen molar-refractivity contribution in [2.75, 3.05) is 6.61 Å². The Hall–Kier alpha value is -1.53. The largest absolute Gasteiger partial charge is 0.492 e. The van der Waals surface area contributed by atoms with Gasteiger partial charge in [0.05, 0.1) is 5.25 Å². The SMILES string of the molecule is Cc1nc(SC2COc3ccccc3C2N)n[nH]1. The predicted octanol–water partition coefficient (Wildman–Crippen LogP) is 1.67. The van der Waals surface area contributed by atoms with Crippen molar-refractivity contribution >= 4 is 11.8 Å². The molecule has 94 valence electrons. The molecule has 1 aliphatic heterocycles. The molecule has 0 radical (unpaired) electrons. The minimum atomic E-state index is -0.0567. The Balaban J connectivity index is 1.80. The second-order valence-corrected chi connectivity index (χ2v) is 5.44. The van der Waals surface area contributed by atoms with E-state index in [-0.39, 0.29) is 11.3 Å². The molecule has 0 amide bonds. The summed E-state index contributed by atoms with van der Waals surface area (Å²) in [6.07, 6.45) is 0. The third-order valence-corrected chi connectivity index (χ3v) is 4.04. The fourth-order valence-electron chi connectivity index (χ4n) is 1.98. The highest BCUT2D eigenvalue weighted by Crippen LogP contribution is 2.37. The third kappa shape index (κ3) is 2.09. The summed E-state index contributed by atoms with van der Waals surface area (Å²) in [5.74, 6) is 1.69. The Labute approximate surface area is 109 Å². The van der Waals surface area contributed by atoms with Crippen LogP contribution in [0.2, 0.25) is 0 Å². The Morgan fingerprint density at radius 2 is 2.28 bits per heavy atom. The maximum atomic E-state index is 6.28. The summed E-state index contributed by atoms with van der Waals surface area (Å²) in [5.41, 5.74) is 7.33. The zero-order valence-corrected chi connectivity index (χ0v) is 10.8. The maximum Gasteiger partial charge on any atom is 0.208 e. The Morgan fingerprint density at radius 1 is 1.44 bits per heavy atom. The number of nitrogens with one attached hydrogen (secondary N) is 1. The van der Waals surface area contributed by atoms with E-state index in [1.165, 1.54) is 0 Å². The second kappa shape index (κ2) is 4.62. The molecule has 0 spiro atoms. The predicted molar refractivity (Wildman–Crippen MR) is 69.6 cm³/mol. The number of rotatable bonds is 2. The van der Waals surface area contributed by atoms with E-state index in [9.17, 15) is 0 Å². The molecule has 0 saturated carbocycles. The lowest BCUT2D eigenvalue weighted by molar-refractivity contribution is 0.276. The first kappa shape index (κ1) is 11.6. The molecular weight excluding hydrogens is 248 g/mol. The number of para-hydroxylation sites is 1. The highest BCUT2D eigenvalue weighted by Gasteiger charge is 2.29. The Kier molecular flexibility index (Phi) is 2.97. The third-order valence-electron chi connectivity index (χ3n) is 2.92. The van der Waals surface area contributed by atoms with Crippen LogP contribution in [-0.2, 0) is 0 Å². The van der Waals surface area contributed by atoms with Crippen LogP contribution in [0.5, 0.6) is 5.75 Å². The van der Waals surface area contributed by atoms with Crippen molar-refractivity contribution < 1.29 is 4.74 Å². The summed E-state index contributed by atoms with van der Waals surface area (Å²) in [7, 11) is 0. The van der Waals surface area contributed by atoms with Gasteiger partial charge in [0, 0.05) is 11.6 Å². The van der Waals surface area contributed by atoms with E-state index < -0.39 is 0 Å². The number of benzene rings is 1. The van der Waals surface area contributed by atoms with Gasteiger partial charge in [-0.2, -0.15) is 0 Å². The minimum absolute atomic E-state index is 0.0567. The van der Waals surface area contributed by atoms with Gasteiger partial charge in [0.2, 0.25) is 5.16 Å². The topological polar surface area (TPSA) is 76.8 Å². The fraction of sp³-hybridized carbons (Fsp3) is 0.333. The summed E-state index contributed by atoms with van der Waals surface area (Å²) in [4.78, 5) is 4.28. The van der Waals surface area contributed by atoms with Crippen LogP contribution >= 0.6 is 11.8 Å². The number of hydrogen-bond acceptors (Lipinski definition) is 5. The molecule has 6 heteroatoms. The molecule has 2 aromatic rings. The number of ether oxygens (including phenoxy) is 1. The van der Waals surface area contributed by atoms with Crippen molar-refractivity contribution in [1.29, 1.82) is 0 Å². The Bertz CT molecular complexity index is 557. The molecule has 18 heavy (non-hydrogen) atoms. The molecule has 5 nitrogen and oxygen atoms in total. The molecule has 0 fully saturated rings. The van der Waals surface area contributed by atoms with Crippen LogP contribution in [0.25, 0.3) is 0 Å². The second-order valence-electron chi connectivity index (χ2n) is 4.23. The van der Waals surface area contributed by atoms with E-state index in [0.29, 0.717) is 6.61 Å². The zero-order valence-electron chi connectivity index (χ0n) is 9.96. The van der Waals surface area contributed by atoms with Gasteiger partial charge in [0.25, 0.3) is 0 Å². The van der Waals surface area contributed by atoms with Crippen LogP contribution in [0.4, 0.5) is 0 Å². The summed E-state index contributed by atoms with van der Waals surface area (Å²) < 4.78 is 5.72. The normalized spacial score (nSPS) is 22.3. The lowest BCUT2D eigenvalue weighted by Gasteiger charge is -2.29. The molecule has 1 aromatic carbocycles. The van der Waals surface area contributed by atoms with Gasteiger partial charge in [-0.15, -0.1) is 5.10 Å². The summed E-state index contributed by atoms with van der Waals surface area (Å²) in [6.45, 7) is 2.46. The molecule has 3 rings (SSSR count). The van der Waals surface area contributed by atoms with Crippen molar-refractivity contribution in [3.63, 3.8) is 0 Å². The maximum absolute atomic E-state index is 6.28. The monoisotopic (exact) mass is 262 g/mol. The molecule has 1 aromatic heterocycles. The number of H-pyrrole nitrogens is 1. The van der Waals surface area contributed by atoms with Crippen LogP contribution in [0.3, 0.4) is 0 Å². The van der Waals surface area contributed by atoms with Gasteiger partial charge in [0.1, 0.15) is 18.2 Å². The summed E-state index contributed by atoms with van der Waals surface area (Å²) >= 11 is 1.55. The molecule has 0 aliphatic carbocycles. The first-order valence-electron chi connectivity index (χ1n) is 5.77. The Morgan fingerprint density at radius 3 is 3.06 bits per heavy atom. The van der Waals surface area contributed by atoms with E-state index in [0.717, 1.165) is 22.3 Å². The molecule has 3 N–H and O–H groups in total. The average Bonchev–Trinajstić information content (AvgIpc) is 2.79. The number of hydrogen-bond donors (Lipinski definition) is 2. The summed E-state index contributed by atoms with van der Waals surface area (Å²) in [5, 5.41) is 7.80. The molecule has 0 bridgehead atoms. The van der Waals surface area contributed by atoms with Gasteiger partial charge >= 0.3 is 0 Å². The zero-order chi connectivity index (χ0) is 12.5. The van der Waals surface area contributed by atoms with Crippen molar-refractivity contribution in [3.05, 3.63) is 35.7 Å². The van der Waals surface area contributed by atoms with Gasteiger partial charge in [-0.1, -0.05) is 30.0 Å². The highest BCUT2D eigenvalue weighted by atomic mass is 32.2. The van der Waals surface area contributed by atoms with Gasteiger partial charge in [0.15, 0.2) is 0 Å². The van der Waals surface area contributed by atoms with Crippen LogP contribution in [-0.4, -0.2) is 27.0 Å². The van der Waals surface area contributed by atoms with E-state index >= 15 is 0 Å². The van der Waals surface area contributed by atoms with Crippen LogP contribution in [0.15, 0.2) is 29.4 Å². The number of fused-ring (bicyclic) bond motifs is 1. The first-order valence-corrected chi connectivity index (χ1v) is 6.65. The molecule has 2 heterocycles. The van der Waals surface area contributed by atoms with E-state index in [2.05, 4.69) is 15.2 Å². The smallest absolute Gasteiger partial charge is 0.208 e. The number of aryl methyl sites for hydroxylation is 1. The average molecular weight is 262 g/mol. The number of aromatic amines is 1. The molecule has 1 aliphatic rings. The van der Waals surface area contributed by atoms with Crippen molar-refractivity contribution in [3.8, 4) is 5.75 Å². The first-order chi connectivity index (χ1) is 8.74. The van der Waals surface area contributed by atoms with Crippen LogP contribution < -0.4 is 10.5 Å². The highest BCUT2D eigenvalue weighted by molar-refractivity contribution is 7.99. The van der Waals surface area contributed by atoms with E-state index in [1.54, 1.807) is 11.8 Å². The van der Waals surface area contributed by atoms with Gasteiger partial charge in [-0.25, -0.2) is 4.98 Å². The number of nitrogens with zero attached hydrogens (tertiary/aromatic N) is 2. The van der Waals surface area contributed by atoms with Crippen LogP contribution in [0, 0.1) is 6.92 Å². The van der Waals surface area contributed by atoms with Gasteiger partial charge in [-0.05, 0) is 13.0 Å². The lowest BCUT2D eigenvalue weighted by atomic mass is 10.0. The van der Waals surface area contributed by atoms with E-state index in [4.69, 9.17) is 10.5 Å².